The van der Waals surface area contributed by atoms with E-state index in [2.05, 4.69) is 10.3 Å². The van der Waals surface area contributed by atoms with Gasteiger partial charge in [0.25, 0.3) is 5.91 Å². The number of hydrogen-bond acceptors (Lipinski definition) is 4. The molecule has 3 rings (SSSR count). The van der Waals surface area contributed by atoms with Crippen molar-refractivity contribution < 1.29 is 4.79 Å². The van der Waals surface area contributed by atoms with Gasteiger partial charge in [-0.3, -0.25) is 4.79 Å². The Balaban J connectivity index is 1.82. The highest BCUT2D eigenvalue weighted by Crippen LogP contribution is 2.30. The molecule has 1 fully saturated rings. The minimum atomic E-state index is -0.139. The van der Waals surface area contributed by atoms with Crippen LogP contribution in [0.1, 0.15) is 11.1 Å². The second-order valence-corrected chi connectivity index (χ2v) is 7.37. The van der Waals surface area contributed by atoms with Gasteiger partial charge in [0, 0.05) is 24.8 Å². The van der Waals surface area contributed by atoms with Gasteiger partial charge in [0.1, 0.15) is 0 Å². The second kappa shape index (κ2) is 7.33. The summed E-state index contributed by atoms with van der Waals surface area (Å²) in [5.41, 5.74) is 3.85. The van der Waals surface area contributed by atoms with E-state index in [9.17, 15) is 4.79 Å². The number of amides is 1. The Morgan fingerprint density at radius 3 is 2.56 bits per heavy atom. The third-order valence-electron chi connectivity index (χ3n) is 3.75. The predicted molar refractivity (Wildman–Crippen MR) is 108 cm³/mol. The van der Waals surface area contributed by atoms with Gasteiger partial charge in [-0.15, -0.1) is 0 Å². The number of hydrogen-bond donors (Lipinski definition) is 1. The zero-order chi connectivity index (χ0) is 18.0. The number of carbonyl (C=O) groups excluding carboxylic acids is 1. The molecule has 0 unspecified atom stereocenters. The topological polar surface area (TPSA) is 44.7 Å². The van der Waals surface area contributed by atoms with Gasteiger partial charge in [-0.25, -0.2) is 4.99 Å². The first-order valence-corrected chi connectivity index (χ1v) is 8.95. The molecule has 2 aromatic rings. The fourth-order valence-corrected chi connectivity index (χ4v) is 3.31. The molecule has 0 bridgehead atoms. The Labute approximate surface area is 156 Å². The Hall–Kier alpha value is -2.24. The van der Waals surface area contributed by atoms with E-state index < -0.39 is 0 Å². The van der Waals surface area contributed by atoms with Crippen molar-refractivity contribution in [3.8, 4) is 0 Å². The van der Waals surface area contributed by atoms with Crippen LogP contribution in [-0.2, 0) is 4.79 Å². The molecule has 0 aromatic heterocycles. The van der Waals surface area contributed by atoms with Gasteiger partial charge < -0.3 is 10.2 Å². The van der Waals surface area contributed by atoms with Crippen LogP contribution < -0.4 is 10.2 Å². The summed E-state index contributed by atoms with van der Waals surface area (Å²) < 4.78 is 0. The number of amidine groups is 1. The molecule has 0 spiro atoms. The van der Waals surface area contributed by atoms with E-state index >= 15 is 0 Å². The maximum Gasteiger partial charge on any atom is 0.264 e. The maximum absolute atomic E-state index is 12.2. The average molecular weight is 372 g/mol. The number of nitrogens with zero attached hydrogens (tertiary/aromatic N) is 2. The van der Waals surface area contributed by atoms with Crippen LogP contribution in [0.4, 0.5) is 11.4 Å². The quantitative estimate of drug-likeness (QED) is 0.801. The van der Waals surface area contributed by atoms with E-state index in [0.29, 0.717) is 15.1 Å². The van der Waals surface area contributed by atoms with Crippen molar-refractivity contribution in [2.24, 2.45) is 4.99 Å². The van der Waals surface area contributed by atoms with Crippen LogP contribution in [0.5, 0.6) is 0 Å². The van der Waals surface area contributed by atoms with Crippen molar-refractivity contribution in [1.82, 2.24) is 5.32 Å². The molecule has 1 saturated heterocycles. The van der Waals surface area contributed by atoms with Crippen LogP contribution in [-0.4, -0.2) is 25.2 Å². The van der Waals surface area contributed by atoms with Gasteiger partial charge in [-0.1, -0.05) is 29.8 Å². The summed E-state index contributed by atoms with van der Waals surface area (Å²) >= 11 is 7.35. The highest BCUT2D eigenvalue weighted by atomic mass is 35.5. The largest absolute Gasteiger partial charge is 0.378 e. The van der Waals surface area contributed by atoms with Crippen LogP contribution in [0.15, 0.2) is 52.4 Å². The zero-order valence-electron chi connectivity index (χ0n) is 14.2. The lowest BCUT2D eigenvalue weighted by atomic mass is 10.2. The lowest BCUT2D eigenvalue weighted by Crippen LogP contribution is -2.19. The summed E-state index contributed by atoms with van der Waals surface area (Å²) in [4.78, 5) is 19.4. The summed E-state index contributed by atoms with van der Waals surface area (Å²) in [7, 11) is 3.99. The third-order valence-corrected chi connectivity index (χ3v) is 4.90. The fraction of sp³-hybridized carbons (Fsp3) is 0.158. The monoisotopic (exact) mass is 371 g/mol. The van der Waals surface area contributed by atoms with Gasteiger partial charge in [0.15, 0.2) is 5.17 Å². The number of anilines is 1. The Bertz CT molecular complexity index is 873. The highest BCUT2D eigenvalue weighted by molar-refractivity contribution is 8.18. The lowest BCUT2D eigenvalue weighted by Gasteiger charge is -2.11. The SMILES string of the molecule is Cc1ccc(Cl)cc1N=C1NC(=O)/C(=C/c2ccc(N(C)C)cc2)S1. The first-order chi connectivity index (χ1) is 11.9. The highest BCUT2D eigenvalue weighted by Gasteiger charge is 2.24. The zero-order valence-corrected chi connectivity index (χ0v) is 15.8. The maximum atomic E-state index is 12.2. The van der Waals surface area contributed by atoms with Gasteiger partial charge in [-0.2, -0.15) is 0 Å². The van der Waals surface area contributed by atoms with Crippen LogP contribution in [0.2, 0.25) is 5.02 Å². The van der Waals surface area contributed by atoms with E-state index in [1.165, 1.54) is 11.8 Å². The van der Waals surface area contributed by atoms with Crippen molar-refractivity contribution in [2.75, 3.05) is 19.0 Å². The smallest absolute Gasteiger partial charge is 0.264 e. The number of thioether (sulfide) groups is 1. The number of nitrogens with one attached hydrogen (secondary N) is 1. The van der Waals surface area contributed by atoms with E-state index in [0.717, 1.165) is 22.5 Å². The van der Waals surface area contributed by atoms with Crippen LogP contribution in [0.3, 0.4) is 0 Å². The van der Waals surface area contributed by atoms with Crippen molar-refractivity contribution in [3.63, 3.8) is 0 Å². The molecule has 1 aliphatic rings. The molecule has 128 valence electrons. The number of rotatable bonds is 3. The van der Waals surface area contributed by atoms with E-state index in [1.807, 2.05) is 68.4 Å². The van der Waals surface area contributed by atoms with Crippen molar-refractivity contribution in [1.29, 1.82) is 0 Å². The molecular weight excluding hydrogens is 354 g/mol. The minimum Gasteiger partial charge on any atom is -0.378 e. The predicted octanol–water partition coefficient (Wildman–Crippen LogP) is 4.61. The second-order valence-electron chi connectivity index (χ2n) is 5.90. The van der Waals surface area contributed by atoms with Crippen LogP contribution in [0.25, 0.3) is 6.08 Å². The molecule has 6 heteroatoms. The molecule has 0 radical (unpaired) electrons. The first-order valence-electron chi connectivity index (χ1n) is 7.75. The molecular formula is C19H18ClN3OS. The van der Waals surface area contributed by atoms with Crippen molar-refractivity contribution >= 4 is 51.9 Å². The number of halogens is 1. The summed E-state index contributed by atoms with van der Waals surface area (Å²) in [6, 6.07) is 13.6. The lowest BCUT2D eigenvalue weighted by molar-refractivity contribution is -0.115. The molecule has 25 heavy (non-hydrogen) atoms. The van der Waals surface area contributed by atoms with Gasteiger partial charge in [0.05, 0.1) is 10.6 Å². The van der Waals surface area contributed by atoms with Gasteiger partial charge in [-0.05, 0) is 60.2 Å². The molecule has 2 aromatic carbocycles. The molecule has 0 aliphatic carbocycles. The first kappa shape index (κ1) is 17.6. The van der Waals surface area contributed by atoms with E-state index in [1.54, 1.807) is 6.07 Å². The molecule has 0 atom stereocenters. The molecule has 4 nitrogen and oxygen atoms in total. The van der Waals surface area contributed by atoms with Gasteiger partial charge in [0.2, 0.25) is 0 Å². The average Bonchev–Trinajstić information content (AvgIpc) is 2.91. The van der Waals surface area contributed by atoms with E-state index in [-0.39, 0.29) is 5.91 Å². The molecule has 0 saturated carbocycles. The third kappa shape index (κ3) is 4.24. The summed E-state index contributed by atoms with van der Waals surface area (Å²) in [5, 5.41) is 3.99. The normalized spacial score (nSPS) is 17.2. The van der Waals surface area contributed by atoms with Gasteiger partial charge >= 0.3 is 0 Å². The van der Waals surface area contributed by atoms with Crippen LogP contribution in [0, 0.1) is 6.92 Å². The minimum absolute atomic E-state index is 0.139. The Morgan fingerprint density at radius 1 is 1.16 bits per heavy atom. The standard InChI is InChI=1S/C19H18ClN3OS/c1-12-4-7-14(20)11-16(12)21-19-22-18(24)17(25-19)10-13-5-8-15(9-6-13)23(2)3/h4-11H,1-3H3,(H,21,22,24)/b17-10-. The molecule has 1 amide bonds. The molecule has 1 heterocycles. The van der Waals surface area contributed by atoms with Crippen LogP contribution >= 0.6 is 23.4 Å². The Morgan fingerprint density at radius 2 is 1.88 bits per heavy atom. The number of aryl methyl sites for hydroxylation is 1. The number of benzene rings is 2. The van der Waals surface area contributed by atoms with Crippen molar-refractivity contribution in [2.45, 2.75) is 6.92 Å². The fourth-order valence-electron chi connectivity index (χ4n) is 2.31. The number of carbonyl (C=O) groups is 1. The summed E-state index contributed by atoms with van der Waals surface area (Å²) in [6.07, 6.45) is 1.87. The van der Waals surface area contributed by atoms with E-state index in [4.69, 9.17) is 11.6 Å². The number of aliphatic imine (C=N–C) groups is 1. The molecule has 1 N–H and O–H groups in total. The molecule has 1 aliphatic heterocycles. The summed E-state index contributed by atoms with van der Waals surface area (Å²) in [6.45, 7) is 1.96. The summed E-state index contributed by atoms with van der Waals surface area (Å²) in [5.74, 6) is -0.139. The van der Waals surface area contributed by atoms with Crippen molar-refractivity contribution in [3.05, 3.63) is 63.5 Å². The Kier molecular flexibility index (Phi) is 5.16.